The van der Waals surface area contributed by atoms with Crippen LogP contribution in [0, 0.1) is 28.6 Å². The Bertz CT molecular complexity index is 679. The number of ketones is 1. The van der Waals surface area contributed by atoms with Crippen LogP contribution < -0.4 is 0 Å². The van der Waals surface area contributed by atoms with Crippen molar-refractivity contribution < 1.29 is 19.4 Å². The van der Waals surface area contributed by atoms with Crippen molar-refractivity contribution in [3.05, 3.63) is 23.5 Å². The van der Waals surface area contributed by atoms with Gasteiger partial charge in [-0.2, -0.15) is 0 Å². The number of carbonyl (C=O) groups is 1. The van der Waals surface area contributed by atoms with Crippen molar-refractivity contribution >= 4 is 5.78 Å². The third kappa shape index (κ3) is 2.09. The molecule has 0 heterocycles. The number of halogens is 1. The molecule has 0 bridgehead atoms. The highest BCUT2D eigenvalue weighted by molar-refractivity contribution is 6.05. The predicted molar refractivity (Wildman–Crippen MR) is 93.7 cm³/mol. The molecule has 3 saturated carbocycles. The molecule has 0 aliphatic heterocycles. The molecule has 2 N–H and O–H groups in total. The summed E-state index contributed by atoms with van der Waals surface area (Å²) in [5.41, 5.74) is -0.125. The molecule has 0 spiro atoms. The Morgan fingerprint density at radius 1 is 1.28 bits per heavy atom. The summed E-state index contributed by atoms with van der Waals surface area (Å²) in [5.74, 6) is 0.297. The van der Waals surface area contributed by atoms with Gasteiger partial charge in [0.25, 0.3) is 0 Å². The molecule has 4 heteroatoms. The zero-order valence-electron chi connectivity index (χ0n) is 15.4. The molecule has 138 valence electrons. The molecule has 25 heavy (non-hydrogen) atoms. The van der Waals surface area contributed by atoms with Crippen LogP contribution in [-0.4, -0.2) is 27.8 Å². The molecule has 3 nitrogen and oxygen atoms in total. The van der Waals surface area contributed by atoms with Gasteiger partial charge in [-0.15, -0.1) is 0 Å². The number of hydrogen-bond acceptors (Lipinski definition) is 3. The number of fused-ring (bicyclic) bond motifs is 5. The molecule has 0 aromatic rings. The molecule has 0 unspecified atom stereocenters. The van der Waals surface area contributed by atoms with Crippen LogP contribution in [0.15, 0.2) is 23.5 Å². The molecule has 0 amide bonds. The van der Waals surface area contributed by atoms with Crippen LogP contribution in [0.25, 0.3) is 0 Å². The van der Waals surface area contributed by atoms with E-state index in [0.29, 0.717) is 24.3 Å². The third-order valence-corrected chi connectivity index (χ3v) is 8.53. The first-order chi connectivity index (χ1) is 11.6. The largest absolute Gasteiger partial charge is 0.515 e. The van der Waals surface area contributed by atoms with E-state index < -0.39 is 17.2 Å². The fourth-order valence-corrected chi connectivity index (χ4v) is 6.93. The number of hydrogen-bond donors (Lipinski definition) is 2. The summed E-state index contributed by atoms with van der Waals surface area (Å²) < 4.78 is 15.6. The van der Waals surface area contributed by atoms with Gasteiger partial charge in [-0.3, -0.25) is 4.79 Å². The number of aliphatic hydroxyl groups excluding tert-OH is 1. The first-order valence-electron chi connectivity index (χ1n) is 9.59. The maximum atomic E-state index is 15.6. The minimum Gasteiger partial charge on any atom is -0.515 e. The molecular formula is C21H29FO3. The Kier molecular flexibility index (Phi) is 3.58. The van der Waals surface area contributed by atoms with Gasteiger partial charge in [0.1, 0.15) is 6.17 Å². The van der Waals surface area contributed by atoms with E-state index in [2.05, 4.69) is 13.8 Å². The summed E-state index contributed by atoms with van der Waals surface area (Å²) in [6.45, 7) is 6.03. The summed E-state index contributed by atoms with van der Waals surface area (Å²) in [6, 6.07) is 0. The van der Waals surface area contributed by atoms with Crippen LogP contribution in [0.1, 0.15) is 59.3 Å². The van der Waals surface area contributed by atoms with Gasteiger partial charge in [-0.25, -0.2) is 4.39 Å². The second-order valence-corrected chi connectivity index (χ2v) is 9.57. The first-order valence-corrected chi connectivity index (χ1v) is 9.59. The quantitative estimate of drug-likeness (QED) is 0.508. The van der Waals surface area contributed by atoms with Crippen molar-refractivity contribution in [2.24, 2.45) is 28.6 Å². The zero-order chi connectivity index (χ0) is 18.2. The fraction of sp³-hybridized carbons (Fsp3) is 0.762. The number of alkyl halides is 1. The van der Waals surface area contributed by atoms with Crippen molar-refractivity contribution in [2.75, 3.05) is 0 Å². The van der Waals surface area contributed by atoms with Gasteiger partial charge in [0.05, 0.1) is 11.9 Å². The first kappa shape index (κ1) is 17.3. The van der Waals surface area contributed by atoms with E-state index in [1.165, 1.54) is 0 Å². The van der Waals surface area contributed by atoms with Crippen molar-refractivity contribution in [1.82, 2.24) is 0 Å². The van der Waals surface area contributed by atoms with Gasteiger partial charge in [0.2, 0.25) is 0 Å². The molecule has 4 rings (SSSR count). The van der Waals surface area contributed by atoms with Gasteiger partial charge in [0.15, 0.2) is 5.78 Å². The predicted octanol–water partition coefficient (Wildman–Crippen LogP) is 4.27. The highest BCUT2D eigenvalue weighted by Crippen LogP contribution is 2.68. The van der Waals surface area contributed by atoms with Gasteiger partial charge >= 0.3 is 0 Å². The van der Waals surface area contributed by atoms with Crippen LogP contribution in [0.2, 0.25) is 0 Å². The van der Waals surface area contributed by atoms with E-state index in [-0.39, 0.29) is 23.0 Å². The van der Waals surface area contributed by atoms with Crippen molar-refractivity contribution in [3.63, 3.8) is 0 Å². The van der Waals surface area contributed by atoms with Crippen LogP contribution in [0.3, 0.4) is 0 Å². The van der Waals surface area contributed by atoms with Crippen LogP contribution >= 0.6 is 0 Å². The molecule has 4 aliphatic carbocycles. The SMILES string of the molecule is C[C@]12CC(=CO)C(=O)C=C1CC[C@@H]1[C@@H]2[C@@H](F)C[C@@]2(C)[C@H]1CC[C@]2(C)O. The van der Waals surface area contributed by atoms with Crippen molar-refractivity contribution in [2.45, 2.75) is 71.1 Å². The van der Waals surface area contributed by atoms with Crippen LogP contribution in [-0.2, 0) is 4.79 Å². The van der Waals surface area contributed by atoms with E-state index in [1.807, 2.05) is 6.92 Å². The minimum atomic E-state index is -0.988. The number of allylic oxidation sites excluding steroid dienone is 2. The molecule has 0 aromatic carbocycles. The Morgan fingerprint density at radius 2 is 2.00 bits per heavy atom. The third-order valence-electron chi connectivity index (χ3n) is 8.53. The Hall–Kier alpha value is -1.16. The van der Waals surface area contributed by atoms with Gasteiger partial charge in [-0.05, 0) is 68.8 Å². The lowest BCUT2D eigenvalue weighted by atomic mass is 9.45. The monoisotopic (exact) mass is 348 g/mol. The van der Waals surface area contributed by atoms with Gasteiger partial charge < -0.3 is 10.2 Å². The number of rotatable bonds is 0. The highest BCUT2D eigenvalue weighted by atomic mass is 19.1. The lowest BCUT2D eigenvalue weighted by Gasteiger charge is -2.59. The van der Waals surface area contributed by atoms with Crippen LogP contribution in [0.4, 0.5) is 4.39 Å². The van der Waals surface area contributed by atoms with Crippen molar-refractivity contribution in [1.29, 1.82) is 0 Å². The highest BCUT2D eigenvalue weighted by Gasteiger charge is 2.65. The van der Waals surface area contributed by atoms with E-state index in [4.69, 9.17) is 0 Å². The minimum absolute atomic E-state index is 0.131. The standard InChI is InChI=1S/C21H29FO3/c1-19-9-12(11-23)17(24)8-13(19)4-5-14-15-6-7-21(3,25)20(15,2)10-16(22)18(14)19/h8,11,14-16,18,23,25H,4-7,9-10H2,1-3H3/t14-,15-,16-,18+,19-,20-,21-/m0/s1. The average Bonchev–Trinajstić information content (AvgIpc) is 2.76. The second-order valence-electron chi connectivity index (χ2n) is 9.57. The lowest BCUT2D eigenvalue weighted by Crippen LogP contribution is -2.58. The van der Waals surface area contributed by atoms with E-state index >= 15 is 4.39 Å². The molecule has 0 saturated heterocycles. The molecule has 0 aromatic heterocycles. The molecule has 7 atom stereocenters. The number of carbonyl (C=O) groups excluding carboxylic acids is 1. The second kappa shape index (κ2) is 5.18. The maximum Gasteiger partial charge on any atom is 0.184 e. The zero-order valence-corrected chi connectivity index (χ0v) is 15.4. The van der Waals surface area contributed by atoms with Gasteiger partial charge in [-0.1, -0.05) is 19.4 Å². The summed E-state index contributed by atoms with van der Waals surface area (Å²) in [4.78, 5) is 12.2. The molecule has 4 aliphatic rings. The number of aliphatic hydroxyl groups is 2. The van der Waals surface area contributed by atoms with Crippen molar-refractivity contribution in [3.8, 4) is 0 Å². The van der Waals surface area contributed by atoms with E-state index in [9.17, 15) is 15.0 Å². The molecule has 3 fully saturated rings. The smallest absolute Gasteiger partial charge is 0.184 e. The lowest BCUT2D eigenvalue weighted by molar-refractivity contribution is -0.146. The summed E-state index contributed by atoms with van der Waals surface area (Å²) in [5, 5.41) is 20.4. The maximum absolute atomic E-state index is 15.6. The topological polar surface area (TPSA) is 57.5 Å². The normalized spacial score (nSPS) is 53.9. The Morgan fingerprint density at radius 3 is 2.68 bits per heavy atom. The van der Waals surface area contributed by atoms with E-state index in [0.717, 1.165) is 37.5 Å². The molecule has 0 radical (unpaired) electrons. The Balaban J connectivity index is 1.77. The Labute approximate surface area is 149 Å². The van der Waals surface area contributed by atoms with E-state index in [1.54, 1.807) is 6.08 Å². The van der Waals surface area contributed by atoms with Gasteiger partial charge in [0, 0.05) is 16.9 Å². The van der Waals surface area contributed by atoms with Crippen LogP contribution in [0.5, 0.6) is 0 Å². The summed E-state index contributed by atoms with van der Waals surface area (Å²) in [6.07, 6.45) is 5.79. The molecular weight excluding hydrogens is 319 g/mol. The average molecular weight is 348 g/mol. The fourth-order valence-electron chi connectivity index (χ4n) is 6.93. The summed E-state index contributed by atoms with van der Waals surface area (Å²) >= 11 is 0. The summed E-state index contributed by atoms with van der Waals surface area (Å²) in [7, 11) is 0.